The van der Waals surface area contributed by atoms with Gasteiger partial charge >= 0.3 is 255 Å². The number of benzene rings is 5. The first-order valence-electron chi connectivity index (χ1n) is 15.7. The van der Waals surface area contributed by atoms with Gasteiger partial charge in [-0.3, -0.25) is 0 Å². The van der Waals surface area contributed by atoms with Crippen LogP contribution in [0.25, 0.3) is 34.4 Å². The molecular formula is C41H42HfSi. The number of hydrogen-bond acceptors (Lipinski definition) is 0. The first kappa shape index (κ1) is 28.4. The monoisotopic (exact) mass is 742 g/mol. The van der Waals surface area contributed by atoms with Gasteiger partial charge in [-0.25, -0.2) is 0 Å². The molecule has 2 heteroatoms. The summed E-state index contributed by atoms with van der Waals surface area (Å²) in [7, 11) is 0. The van der Waals surface area contributed by atoms with Gasteiger partial charge in [0, 0.05) is 0 Å². The van der Waals surface area contributed by atoms with Gasteiger partial charge in [0.15, 0.2) is 0 Å². The molecule has 0 bridgehead atoms. The molecule has 5 aromatic carbocycles. The van der Waals surface area contributed by atoms with E-state index in [0.29, 0.717) is 7.35 Å². The molecule has 0 nitrogen and oxygen atoms in total. The second kappa shape index (κ2) is 8.64. The fourth-order valence-electron chi connectivity index (χ4n) is 9.01. The molecule has 2 aliphatic carbocycles. The molecule has 2 unspecified atom stereocenters. The van der Waals surface area contributed by atoms with Gasteiger partial charge < -0.3 is 0 Å². The maximum absolute atomic E-state index is 5.31. The Labute approximate surface area is 253 Å². The Balaban J connectivity index is 1.51. The molecule has 214 valence electrons. The summed E-state index contributed by atoms with van der Waals surface area (Å²) in [4.78, 5) is 0. The van der Waals surface area contributed by atoms with E-state index in [9.17, 15) is 0 Å². The van der Waals surface area contributed by atoms with Crippen molar-refractivity contribution in [2.45, 2.75) is 35.2 Å². The number of rotatable bonds is 5. The second-order valence-electron chi connectivity index (χ2n) is 16.5. The molecule has 0 N–H and O–H groups in total. The predicted molar refractivity (Wildman–Crippen MR) is 189 cm³/mol. The molecular weight excluding hydrogens is 699 g/mol. The van der Waals surface area contributed by atoms with E-state index in [1.165, 1.54) is 59.0 Å². The van der Waals surface area contributed by atoms with E-state index >= 15 is 0 Å². The summed E-state index contributed by atoms with van der Waals surface area (Å²) >= 11 is -5.31. The first-order chi connectivity index (χ1) is 20.3. The average Bonchev–Trinajstić information content (AvgIpc) is 3.65. The first-order valence-corrected chi connectivity index (χ1v) is 40.8. The minimum absolute atomic E-state index is 0.299. The van der Waals surface area contributed by atoms with E-state index in [0.717, 1.165) is 0 Å². The Kier molecular flexibility index (Phi) is 5.72. The third-order valence-electron chi connectivity index (χ3n) is 11.7. The van der Waals surface area contributed by atoms with Crippen LogP contribution in [0.1, 0.15) is 40.7 Å². The van der Waals surface area contributed by atoms with Crippen molar-refractivity contribution in [3.63, 3.8) is 0 Å². The number of hydrogen-bond donors (Lipinski definition) is 0. The molecule has 2 atom stereocenters. The molecule has 0 spiro atoms. The normalized spacial score (nSPS) is 19.6. The fourth-order valence-corrected chi connectivity index (χ4v) is 47.1. The summed E-state index contributed by atoms with van der Waals surface area (Å²) in [6, 6.07) is 43.6. The summed E-state index contributed by atoms with van der Waals surface area (Å²) in [6.45, 7) is 6.79. The molecule has 0 saturated heterocycles. The van der Waals surface area contributed by atoms with Crippen LogP contribution in [0.5, 0.6) is 0 Å². The van der Waals surface area contributed by atoms with E-state index in [-0.39, 0.29) is 0 Å². The van der Waals surface area contributed by atoms with Crippen LogP contribution < -0.4 is 3.32 Å². The zero-order valence-electron chi connectivity index (χ0n) is 26.1. The fraction of sp³-hybridized carbons (Fsp3) is 0.171. The van der Waals surface area contributed by atoms with Crippen LogP contribution in [-0.4, -0.2) is 6.94 Å². The molecule has 0 heterocycles. The van der Waals surface area contributed by atoms with Crippen LogP contribution in [0.3, 0.4) is 0 Å². The molecule has 0 amide bonds. The molecule has 0 radical (unpaired) electrons. The summed E-state index contributed by atoms with van der Waals surface area (Å²) in [5.74, 6) is 0. The molecule has 5 aromatic rings. The molecule has 0 aromatic heterocycles. The quantitative estimate of drug-likeness (QED) is 0.157. The van der Waals surface area contributed by atoms with E-state index in [1.807, 2.05) is 0 Å². The van der Waals surface area contributed by atoms with E-state index < -0.39 is 14.2 Å². The third kappa shape index (κ3) is 3.95. The number of allylic oxidation sites excluding steroid dienone is 2. The van der Waals surface area contributed by atoms with Gasteiger partial charge in [-0.05, 0) is 0 Å². The van der Waals surface area contributed by atoms with Crippen LogP contribution in [0, 0.1) is 13.8 Å². The standard InChI is InChI=1S/2C16H13.C6H5.3CH3.Hf.H2Si/c2*1-12-5-2-8-14(11-12)16-10-4-7-13-6-3-9-15(13)16;1-2-4-6-5-3-1;;;;;/h2*2-11H,1H3;1-5H;3*1H3;;1H2. The molecule has 0 saturated carbocycles. The Bertz CT molecular complexity index is 2020. The average molecular weight is 741 g/mol. The van der Waals surface area contributed by atoms with Crippen molar-refractivity contribution in [3.8, 4) is 22.3 Å². The maximum atomic E-state index is 2.75. The van der Waals surface area contributed by atoms with Crippen LogP contribution in [0.2, 0.25) is 14.0 Å². The second-order valence-corrected chi connectivity index (χ2v) is 93.7. The molecule has 2 aliphatic rings. The number of aryl methyl sites for hydroxylation is 2. The Morgan fingerprint density at radius 3 is 1.40 bits per heavy atom. The SMILES string of the molecule is Cc1cccc(-c2cccc3c2C=C[CH]3[Hf]([CH3])([CH3])([CH3])(=[SiH2])([c]2ccccc2)[CH]2C=Cc3c(-c4cccc(C)c4)cccc32)c1. The zero-order valence-corrected chi connectivity index (χ0v) is 31.1. The minimum atomic E-state index is -5.31. The van der Waals surface area contributed by atoms with Crippen molar-refractivity contribution in [2.24, 2.45) is 0 Å². The molecule has 0 aliphatic heterocycles. The van der Waals surface area contributed by atoms with Gasteiger partial charge in [0.05, 0.1) is 0 Å². The predicted octanol–water partition coefficient (Wildman–Crippen LogP) is 10.3. The van der Waals surface area contributed by atoms with Crippen molar-refractivity contribution in [1.29, 1.82) is 0 Å². The van der Waals surface area contributed by atoms with Crippen LogP contribution >= 0.6 is 0 Å². The summed E-state index contributed by atoms with van der Waals surface area (Å²) < 4.78 is 10.4. The van der Waals surface area contributed by atoms with E-state index in [1.54, 1.807) is 0 Å². The molecule has 43 heavy (non-hydrogen) atoms. The van der Waals surface area contributed by atoms with Gasteiger partial charge in [-0.15, -0.1) is 0 Å². The van der Waals surface area contributed by atoms with E-state index in [4.69, 9.17) is 0 Å². The van der Waals surface area contributed by atoms with E-state index in [2.05, 4.69) is 174 Å². The molecule has 7 rings (SSSR count). The zero-order chi connectivity index (χ0) is 30.1. The van der Waals surface area contributed by atoms with Crippen molar-refractivity contribution in [2.75, 3.05) is 0 Å². The summed E-state index contributed by atoms with van der Waals surface area (Å²) in [6.07, 6.45) is 10.1. The van der Waals surface area contributed by atoms with Crippen molar-refractivity contribution in [1.82, 2.24) is 0 Å². The van der Waals surface area contributed by atoms with Crippen molar-refractivity contribution < 1.29 is 14.2 Å². The van der Waals surface area contributed by atoms with Gasteiger partial charge in [-0.1, -0.05) is 0 Å². The third-order valence-corrected chi connectivity index (χ3v) is 58.5. The van der Waals surface area contributed by atoms with Gasteiger partial charge in [0.1, 0.15) is 0 Å². The Hall–Kier alpha value is -3.33. The van der Waals surface area contributed by atoms with Crippen LogP contribution in [0.4, 0.5) is 0 Å². The Morgan fingerprint density at radius 2 is 0.953 bits per heavy atom. The van der Waals surface area contributed by atoms with Gasteiger partial charge in [0.25, 0.3) is 0 Å². The van der Waals surface area contributed by atoms with Crippen molar-refractivity contribution in [3.05, 3.63) is 161 Å². The van der Waals surface area contributed by atoms with Crippen LogP contribution in [-0.2, 0) is 14.2 Å². The number of fused-ring (bicyclic) bond motifs is 2. The topological polar surface area (TPSA) is 0 Å². The molecule has 0 fully saturated rings. The van der Waals surface area contributed by atoms with Gasteiger partial charge in [0.2, 0.25) is 0 Å². The van der Waals surface area contributed by atoms with Gasteiger partial charge in [-0.2, -0.15) is 0 Å². The summed E-state index contributed by atoms with van der Waals surface area (Å²) in [5, 5.41) is 0. The summed E-state index contributed by atoms with van der Waals surface area (Å²) in [5.41, 5.74) is 13.6. The van der Waals surface area contributed by atoms with Crippen molar-refractivity contribution >= 4 is 22.4 Å². The Morgan fingerprint density at radius 1 is 0.512 bits per heavy atom. The van der Waals surface area contributed by atoms with Crippen LogP contribution in [0.15, 0.2) is 127 Å².